The Morgan fingerprint density at radius 2 is 1.89 bits per heavy atom. The Labute approximate surface area is 103 Å². The summed E-state index contributed by atoms with van der Waals surface area (Å²) >= 11 is 0. The summed E-state index contributed by atoms with van der Waals surface area (Å²) in [6, 6.07) is 4.42. The summed E-state index contributed by atoms with van der Waals surface area (Å²) in [4.78, 5) is 11.4. The van der Waals surface area contributed by atoms with Crippen molar-refractivity contribution in [2.45, 2.75) is 25.6 Å². The molecule has 0 heterocycles. The lowest BCUT2D eigenvalue weighted by Crippen LogP contribution is -2.31. The average molecular weight is 261 g/mol. The van der Waals surface area contributed by atoms with Crippen molar-refractivity contribution in [1.82, 2.24) is 5.32 Å². The Bertz CT molecular complexity index is 399. The number of amides is 1. The van der Waals surface area contributed by atoms with Crippen LogP contribution >= 0.6 is 0 Å². The van der Waals surface area contributed by atoms with E-state index in [-0.39, 0.29) is 18.9 Å². The predicted octanol–water partition coefficient (Wildman–Crippen LogP) is 1.74. The fraction of sp³-hybridized carbons (Fsp3) is 0.417. The van der Waals surface area contributed by atoms with Crippen LogP contribution in [0, 0.1) is 0 Å². The van der Waals surface area contributed by atoms with Gasteiger partial charge in [0.2, 0.25) is 5.91 Å². The van der Waals surface area contributed by atoms with Crippen LogP contribution in [0.4, 0.5) is 13.2 Å². The van der Waals surface area contributed by atoms with Crippen LogP contribution in [0.15, 0.2) is 24.3 Å². The van der Waals surface area contributed by atoms with Crippen molar-refractivity contribution in [2.75, 3.05) is 6.54 Å². The largest absolute Gasteiger partial charge is 0.416 e. The molecule has 0 saturated carbocycles. The number of carbonyl (C=O) groups excluding carboxylic acids is 1. The maximum atomic E-state index is 12.3. The van der Waals surface area contributed by atoms with Crippen molar-refractivity contribution in [1.29, 1.82) is 0 Å². The topological polar surface area (TPSA) is 49.3 Å². The van der Waals surface area contributed by atoms with Crippen LogP contribution < -0.4 is 5.32 Å². The Hall–Kier alpha value is -1.56. The number of alkyl halides is 3. The third-order valence-corrected chi connectivity index (χ3v) is 2.24. The van der Waals surface area contributed by atoms with Gasteiger partial charge in [0.1, 0.15) is 0 Å². The number of carbonyl (C=O) groups is 1. The molecule has 0 fully saturated rings. The Balaban J connectivity index is 2.56. The van der Waals surface area contributed by atoms with Crippen molar-refractivity contribution >= 4 is 5.91 Å². The minimum Gasteiger partial charge on any atom is -0.392 e. The first-order chi connectivity index (χ1) is 8.29. The van der Waals surface area contributed by atoms with Gasteiger partial charge in [-0.3, -0.25) is 4.79 Å². The second-order valence-corrected chi connectivity index (χ2v) is 4.02. The highest BCUT2D eigenvalue weighted by molar-refractivity contribution is 5.78. The summed E-state index contributed by atoms with van der Waals surface area (Å²) in [6.07, 6.45) is -5.03. The van der Waals surface area contributed by atoms with Gasteiger partial charge in [-0.15, -0.1) is 0 Å². The van der Waals surface area contributed by atoms with E-state index in [0.717, 1.165) is 12.1 Å². The van der Waals surface area contributed by atoms with Crippen LogP contribution in [0.1, 0.15) is 18.1 Å². The molecular weight excluding hydrogens is 247 g/mol. The van der Waals surface area contributed by atoms with Crippen LogP contribution in [-0.2, 0) is 17.4 Å². The highest BCUT2D eigenvalue weighted by Gasteiger charge is 2.29. The van der Waals surface area contributed by atoms with Gasteiger partial charge in [-0.1, -0.05) is 12.1 Å². The monoisotopic (exact) mass is 261 g/mol. The summed E-state index contributed by atoms with van der Waals surface area (Å²) in [5.74, 6) is -0.337. The fourth-order valence-corrected chi connectivity index (χ4v) is 1.32. The average Bonchev–Trinajstić information content (AvgIpc) is 2.26. The standard InChI is InChI=1S/C12H14F3NO2/c1-8(17)7-16-11(18)6-9-2-4-10(5-3-9)12(13,14)15/h2-5,8,17H,6-7H2,1H3,(H,16,18). The summed E-state index contributed by atoms with van der Waals surface area (Å²) in [5, 5.41) is 11.4. The Morgan fingerprint density at radius 1 is 1.33 bits per heavy atom. The van der Waals surface area contributed by atoms with Crippen LogP contribution in [0.3, 0.4) is 0 Å². The molecule has 18 heavy (non-hydrogen) atoms. The number of hydrogen-bond acceptors (Lipinski definition) is 2. The third kappa shape index (κ3) is 4.75. The van der Waals surface area contributed by atoms with E-state index in [1.165, 1.54) is 19.1 Å². The van der Waals surface area contributed by atoms with Gasteiger partial charge < -0.3 is 10.4 Å². The van der Waals surface area contributed by atoms with E-state index in [9.17, 15) is 18.0 Å². The first-order valence-electron chi connectivity index (χ1n) is 5.40. The molecule has 1 aromatic carbocycles. The van der Waals surface area contributed by atoms with Crippen molar-refractivity contribution < 1.29 is 23.1 Å². The van der Waals surface area contributed by atoms with Crippen molar-refractivity contribution in [3.05, 3.63) is 35.4 Å². The molecule has 0 bridgehead atoms. The van der Waals surface area contributed by atoms with Gasteiger partial charge in [0.15, 0.2) is 0 Å². The number of benzene rings is 1. The lowest BCUT2D eigenvalue weighted by atomic mass is 10.1. The van der Waals surface area contributed by atoms with Gasteiger partial charge >= 0.3 is 6.18 Å². The second kappa shape index (κ2) is 5.86. The molecular formula is C12H14F3NO2. The van der Waals surface area contributed by atoms with Crippen molar-refractivity contribution in [3.8, 4) is 0 Å². The van der Waals surface area contributed by atoms with Crippen LogP contribution in [0.5, 0.6) is 0 Å². The molecule has 1 atom stereocenters. The van der Waals surface area contributed by atoms with Crippen LogP contribution in [-0.4, -0.2) is 23.7 Å². The summed E-state index contributed by atoms with van der Waals surface area (Å²) in [6.45, 7) is 1.65. The van der Waals surface area contributed by atoms with Crippen molar-refractivity contribution in [2.24, 2.45) is 0 Å². The van der Waals surface area contributed by atoms with E-state index in [1.807, 2.05) is 0 Å². The normalized spacial score (nSPS) is 13.2. The number of rotatable bonds is 4. The van der Waals surface area contributed by atoms with E-state index in [4.69, 9.17) is 5.11 Å². The highest BCUT2D eigenvalue weighted by atomic mass is 19.4. The number of aliphatic hydroxyl groups is 1. The molecule has 0 aliphatic carbocycles. The molecule has 1 unspecified atom stereocenters. The van der Waals surface area contributed by atoms with Gasteiger partial charge in [-0.05, 0) is 24.6 Å². The van der Waals surface area contributed by atoms with Crippen LogP contribution in [0.25, 0.3) is 0 Å². The molecule has 0 aliphatic heterocycles. The van der Waals surface area contributed by atoms with E-state index in [0.29, 0.717) is 5.56 Å². The lowest BCUT2D eigenvalue weighted by Gasteiger charge is -2.09. The molecule has 0 saturated heterocycles. The molecule has 1 aromatic rings. The molecule has 0 radical (unpaired) electrons. The van der Waals surface area contributed by atoms with Crippen molar-refractivity contribution in [3.63, 3.8) is 0 Å². The van der Waals surface area contributed by atoms with Gasteiger partial charge in [0, 0.05) is 6.54 Å². The maximum absolute atomic E-state index is 12.3. The lowest BCUT2D eigenvalue weighted by molar-refractivity contribution is -0.137. The minimum absolute atomic E-state index is 0.00907. The minimum atomic E-state index is -4.37. The summed E-state index contributed by atoms with van der Waals surface area (Å²) in [5.41, 5.74) is -0.248. The number of nitrogens with one attached hydrogen (secondary N) is 1. The molecule has 1 rings (SSSR count). The molecule has 6 heteroatoms. The van der Waals surface area contributed by atoms with Gasteiger partial charge in [0.25, 0.3) is 0 Å². The Kier molecular flexibility index (Phi) is 4.72. The SMILES string of the molecule is CC(O)CNC(=O)Cc1ccc(C(F)(F)F)cc1. The van der Waals surface area contributed by atoms with E-state index in [2.05, 4.69) is 5.32 Å². The first-order valence-corrected chi connectivity index (χ1v) is 5.40. The van der Waals surface area contributed by atoms with E-state index < -0.39 is 17.8 Å². The maximum Gasteiger partial charge on any atom is 0.416 e. The van der Waals surface area contributed by atoms with Crippen LogP contribution in [0.2, 0.25) is 0 Å². The van der Waals surface area contributed by atoms with Gasteiger partial charge in [0.05, 0.1) is 18.1 Å². The second-order valence-electron chi connectivity index (χ2n) is 4.02. The molecule has 3 nitrogen and oxygen atoms in total. The highest BCUT2D eigenvalue weighted by Crippen LogP contribution is 2.29. The zero-order valence-corrected chi connectivity index (χ0v) is 9.79. The molecule has 100 valence electrons. The Morgan fingerprint density at radius 3 is 2.33 bits per heavy atom. The predicted molar refractivity (Wildman–Crippen MR) is 59.8 cm³/mol. The zero-order chi connectivity index (χ0) is 13.8. The molecule has 0 aliphatic rings. The summed E-state index contributed by atoms with van der Waals surface area (Å²) < 4.78 is 36.9. The van der Waals surface area contributed by atoms with Gasteiger partial charge in [-0.2, -0.15) is 13.2 Å². The number of halogens is 3. The number of hydrogen-bond donors (Lipinski definition) is 2. The quantitative estimate of drug-likeness (QED) is 0.867. The smallest absolute Gasteiger partial charge is 0.392 e. The van der Waals surface area contributed by atoms with E-state index in [1.54, 1.807) is 0 Å². The molecule has 0 spiro atoms. The van der Waals surface area contributed by atoms with Gasteiger partial charge in [-0.25, -0.2) is 0 Å². The summed E-state index contributed by atoms with van der Waals surface area (Å²) in [7, 11) is 0. The van der Waals surface area contributed by atoms with E-state index >= 15 is 0 Å². The zero-order valence-electron chi connectivity index (χ0n) is 9.79. The fourth-order valence-electron chi connectivity index (χ4n) is 1.32. The number of aliphatic hydroxyl groups excluding tert-OH is 1. The first kappa shape index (κ1) is 14.5. The molecule has 2 N–H and O–H groups in total. The molecule has 1 amide bonds. The third-order valence-electron chi connectivity index (χ3n) is 2.24. The molecule has 0 aromatic heterocycles.